The van der Waals surface area contributed by atoms with E-state index in [4.69, 9.17) is 0 Å². The molecule has 0 atom stereocenters. The van der Waals surface area contributed by atoms with Crippen LogP contribution in [0.1, 0.15) is 28.2 Å². The third-order valence-electron chi connectivity index (χ3n) is 3.99. The van der Waals surface area contributed by atoms with E-state index in [9.17, 15) is 9.59 Å². The fraction of sp³-hybridized carbons (Fsp3) is 0.200. The number of pyridine rings is 2. The highest BCUT2D eigenvalue weighted by atomic mass is 16.2. The second kappa shape index (κ2) is 8.20. The van der Waals surface area contributed by atoms with Crippen molar-refractivity contribution in [2.75, 3.05) is 6.54 Å². The van der Waals surface area contributed by atoms with Gasteiger partial charge < -0.3 is 10.6 Å². The standard InChI is InChI=1S/C20H20N4O2/c1-14-17(12-15-6-2-3-8-18(15)24-14)20(26)22-11-9-19(25)23-13-16-7-4-5-10-21-16/h2-8,10,12H,9,11,13H2,1H3,(H,22,26)(H,23,25). The normalized spacial score (nSPS) is 10.5. The number of hydrogen-bond donors (Lipinski definition) is 2. The summed E-state index contributed by atoms with van der Waals surface area (Å²) in [7, 11) is 0. The molecule has 3 aromatic rings. The van der Waals surface area contributed by atoms with Crippen molar-refractivity contribution < 1.29 is 9.59 Å². The van der Waals surface area contributed by atoms with Gasteiger partial charge in [0.15, 0.2) is 0 Å². The summed E-state index contributed by atoms with van der Waals surface area (Å²) in [6, 6.07) is 15.0. The van der Waals surface area contributed by atoms with Gasteiger partial charge in [0.1, 0.15) is 0 Å². The molecule has 6 nitrogen and oxygen atoms in total. The minimum absolute atomic E-state index is 0.135. The van der Waals surface area contributed by atoms with Crippen molar-refractivity contribution in [3.63, 3.8) is 0 Å². The Hall–Kier alpha value is -3.28. The summed E-state index contributed by atoms with van der Waals surface area (Å²) in [4.78, 5) is 32.8. The van der Waals surface area contributed by atoms with Gasteiger partial charge in [-0.05, 0) is 31.2 Å². The number of carbonyl (C=O) groups is 2. The van der Waals surface area contributed by atoms with Gasteiger partial charge in [0.05, 0.1) is 29.0 Å². The summed E-state index contributed by atoms with van der Waals surface area (Å²) in [6.45, 7) is 2.45. The average Bonchev–Trinajstić information content (AvgIpc) is 2.66. The number of rotatable bonds is 6. The third-order valence-corrected chi connectivity index (χ3v) is 3.99. The van der Waals surface area contributed by atoms with Crippen LogP contribution in [0, 0.1) is 6.92 Å². The van der Waals surface area contributed by atoms with E-state index in [1.165, 1.54) is 0 Å². The van der Waals surface area contributed by atoms with Gasteiger partial charge in [0, 0.05) is 24.5 Å². The predicted octanol–water partition coefficient (Wildman–Crippen LogP) is 2.37. The monoisotopic (exact) mass is 348 g/mol. The first-order valence-electron chi connectivity index (χ1n) is 8.44. The lowest BCUT2D eigenvalue weighted by atomic mass is 10.1. The minimum atomic E-state index is -0.224. The zero-order valence-electron chi connectivity index (χ0n) is 14.5. The van der Waals surface area contributed by atoms with Gasteiger partial charge in [-0.1, -0.05) is 24.3 Å². The lowest BCUT2D eigenvalue weighted by Gasteiger charge is -2.09. The number of carbonyl (C=O) groups excluding carboxylic acids is 2. The van der Waals surface area contributed by atoms with Crippen LogP contribution in [0.25, 0.3) is 10.9 Å². The lowest BCUT2D eigenvalue weighted by molar-refractivity contribution is -0.121. The molecule has 0 saturated heterocycles. The van der Waals surface area contributed by atoms with Crippen LogP contribution in [0.2, 0.25) is 0 Å². The van der Waals surface area contributed by atoms with Crippen LogP contribution in [0.5, 0.6) is 0 Å². The van der Waals surface area contributed by atoms with E-state index in [-0.39, 0.29) is 24.8 Å². The highest BCUT2D eigenvalue weighted by Gasteiger charge is 2.12. The molecule has 26 heavy (non-hydrogen) atoms. The van der Waals surface area contributed by atoms with Crippen molar-refractivity contribution >= 4 is 22.7 Å². The van der Waals surface area contributed by atoms with Gasteiger partial charge in [-0.15, -0.1) is 0 Å². The van der Waals surface area contributed by atoms with Crippen molar-refractivity contribution in [1.82, 2.24) is 20.6 Å². The van der Waals surface area contributed by atoms with Crippen molar-refractivity contribution in [2.45, 2.75) is 19.9 Å². The van der Waals surface area contributed by atoms with E-state index in [0.29, 0.717) is 17.8 Å². The van der Waals surface area contributed by atoms with Crippen molar-refractivity contribution in [2.24, 2.45) is 0 Å². The summed E-state index contributed by atoms with van der Waals surface area (Å²) >= 11 is 0. The Morgan fingerprint density at radius 2 is 1.85 bits per heavy atom. The van der Waals surface area contributed by atoms with E-state index in [1.807, 2.05) is 48.5 Å². The first-order chi connectivity index (χ1) is 12.6. The van der Waals surface area contributed by atoms with E-state index in [2.05, 4.69) is 20.6 Å². The number of aromatic nitrogens is 2. The maximum Gasteiger partial charge on any atom is 0.253 e. The van der Waals surface area contributed by atoms with Crippen molar-refractivity contribution in [1.29, 1.82) is 0 Å². The number of fused-ring (bicyclic) bond motifs is 1. The molecule has 0 fully saturated rings. The summed E-state index contributed by atoms with van der Waals surface area (Å²) in [6.07, 6.45) is 1.89. The second-order valence-electron chi connectivity index (χ2n) is 5.92. The SMILES string of the molecule is Cc1nc2ccccc2cc1C(=O)NCCC(=O)NCc1ccccn1. The smallest absolute Gasteiger partial charge is 0.253 e. The molecule has 0 spiro atoms. The van der Waals surface area contributed by atoms with Crippen LogP contribution < -0.4 is 10.6 Å². The number of para-hydroxylation sites is 1. The fourth-order valence-electron chi connectivity index (χ4n) is 2.61. The minimum Gasteiger partial charge on any atom is -0.351 e. The number of aryl methyl sites for hydroxylation is 1. The predicted molar refractivity (Wildman–Crippen MR) is 99.5 cm³/mol. The number of hydrogen-bond acceptors (Lipinski definition) is 4. The first kappa shape index (κ1) is 17.5. The number of nitrogens with zero attached hydrogens (tertiary/aromatic N) is 2. The number of amides is 2. The topological polar surface area (TPSA) is 84.0 Å². The van der Waals surface area contributed by atoms with Crippen LogP contribution in [-0.2, 0) is 11.3 Å². The Bertz CT molecular complexity index is 926. The molecule has 0 aliphatic rings. The molecule has 0 radical (unpaired) electrons. The highest BCUT2D eigenvalue weighted by molar-refractivity contribution is 5.98. The molecule has 2 heterocycles. The van der Waals surface area contributed by atoms with E-state index >= 15 is 0 Å². The van der Waals surface area contributed by atoms with Gasteiger partial charge in [-0.3, -0.25) is 19.6 Å². The molecule has 2 aromatic heterocycles. The largest absolute Gasteiger partial charge is 0.351 e. The zero-order valence-corrected chi connectivity index (χ0v) is 14.5. The van der Waals surface area contributed by atoms with Gasteiger partial charge >= 0.3 is 0 Å². The molecular formula is C20H20N4O2. The molecular weight excluding hydrogens is 328 g/mol. The number of benzene rings is 1. The zero-order chi connectivity index (χ0) is 18.4. The Morgan fingerprint density at radius 3 is 2.65 bits per heavy atom. The van der Waals surface area contributed by atoms with E-state index < -0.39 is 0 Å². The highest BCUT2D eigenvalue weighted by Crippen LogP contribution is 2.16. The molecule has 2 N–H and O–H groups in total. The molecule has 2 amide bonds. The Labute approximate surface area is 151 Å². The Kier molecular flexibility index (Phi) is 5.53. The fourth-order valence-corrected chi connectivity index (χ4v) is 2.61. The van der Waals surface area contributed by atoms with Crippen LogP contribution in [0.3, 0.4) is 0 Å². The summed E-state index contributed by atoms with van der Waals surface area (Å²) in [5.74, 6) is -0.359. The van der Waals surface area contributed by atoms with E-state index in [0.717, 1.165) is 16.6 Å². The number of nitrogens with one attached hydrogen (secondary N) is 2. The molecule has 1 aromatic carbocycles. The van der Waals surface area contributed by atoms with Crippen molar-refractivity contribution in [3.05, 3.63) is 71.7 Å². The average molecular weight is 348 g/mol. The first-order valence-corrected chi connectivity index (χ1v) is 8.44. The van der Waals surface area contributed by atoms with Crippen LogP contribution in [-0.4, -0.2) is 28.3 Å². The van der Waals surface area contributed by atoms with Crippen LogP contribution in [0.4, 0.5) is 0 Å². The Balaban J connectivity index is 1.51. The lowest BCUT2D eigenvalue weighted by Crippen LogP contribution is -2.31. The van der Waals surface area contributed by atoms with Gasteiger partial charge in [-0.2, -0.15) is 0 Å². The molecule has 0 saturated carbocycles. The molecule has 3 rings (SSSR count). The maximum atomic E-state index is 12.4. The summed E-state index contributed by atoms with van der Waals surface area (Å²) < 4.78 is 0. The molecule has 0 bridgehead atoms. The molecule has 0 aliphatic heterocycles. The molecule has 0 unspecified atom stereocenters. The summed E-state index contributed by atoms with van der Waals surface area (Å²) in [5, 5.41) is 6.47. The van der Waals surface area contributed by atoms with Gasteiger partial charge in [0.2, 0.25) is 5.91 Å². The third kappa shape index (κ3) is 4.42. The second-order valence-corrected chi connectivity index (χ2v) is 5.92. The molecule has 0 aliphatic carbocycles. The Morgan fingerprint density at radius 1 is 1.04 bits per heavy atom. The molecule has 132 valence electrons. The summed E-state index contributed by atoms with van der Waals surface area (Å²) in [5.41, 5.74) is 2.84. The van der Waals surface area contributed by atoms with Crippen molar-refractivity contribution in [3.8, 4) is 0 Å². The maximum absolute atomic E-state index is 12.4. The van der Waals surface area contributed by atoms with E-state index in [1.54, 1.807) is 13.1 Å². The van der Waals surface area contributed by atoms with Crippen LogP contribution in [0.15, 0.2) is 54.7 Å². The van der Waals surface area contributed by atoms with Gasteiger partial charge in [-0.25, -0.2) is 0 Å². The molecule has 6 heteroatoms. The quantitative estimate of drug-likeness (QED) is 0.716. The van der Waals surface area contributed by atoms with Gasteiger partial charge in [0.25, 0.3) is 5.91 Å². The van der Waals surface area contributed by atoms with Crippen LogP contribution >= 0.6 is 0 Å².